The number of aromatic amines is 1. The van der Waals surface area contributed by atoms with Crippen LogP contribution < -0.4 is 5.56 Å². The summed E-state index contributed by atoms with van der Waals surface area (Å²) in [4.78, 5) is 55.2. The van der Waals surface area contributed by atoms with E-state index >= 15 is 0 Å². The number of carbonyl (C=O) groups is 2. The van der Waals surface area contributed by atoms with E-state index in [1.54, 1.807) is 0 Å². The zero-order valence-corrected chi connectivity index (χ0v) is 18.8. The summed E-state index contributed by atoms with van der Waals surface area (Å²) in [5.41, 5.74) is 1.97. The lowest BCUT2D eigenvalue weighted by Crippen LogP contribution is -2.42. The standard InChI is InChI=1S/C22H27N5O3S/c1-12-18(31-13(2)23-12)22(30)27-9-4-3-5-17(27)19-24-16-11-26(21(29)14-6-7-14)10-8-15(16)20(28)25-19/h14,17H,3-11H2,1-2H3,(H,24,25,28)/t17-/m1/s1. The molecule has 1 aliphatic carbocycles. The molecule has 1 saturated carbocycles. The summed E-state index contributed by atoms with van der Waals surface area (Å²) >= 11 is 1.41. The first kappa shape index (κ1) is 20.4. The van der Waals surface area contributed by atoms with Crippen molar-refractivity contribution in [3.8, 4) is 0 Å². The molecule has 0 unspecified atom stereocenters. The third-order valence-electron chi connectivity index (χ3n) is 6.51. The smallest absolute Gasteiger partial charge is 0.266 e. The Kier molecular flexibility index (Phi) is 5.16. The molecule has 4 heterocycles. The van der Waals surface area contributed by atoms with Crippen molar-refractivity contribution in [3.63, 3.8) is 0 Å². The lowest BCUT2D eigenvalue weighted by molar-refractivity contribution is -0.133. The van der Waals surface area contributed by atoms with Crippen molar-refractivity contribution in [3.05, 3.63) is 43.0 Å². The van der Waals surface area contributed by atoms with Gasteiger partial charge in [0.05, 0.1) is 29.0 Å². The van der Waals surface area contributed by atoms with Crippen LogP contribution in [0.1, 0.15) is 75.6 Å². The molecule has 0 aromatic carbocycles. The summed E-state index contributed by atoms with van der Waals surface area (Å²) < 4.78 is 0. The molecule has 2 fully saturated rings. The number of nitrogens with zero attached hydrogens (tertiary/aromatic N) is 4. The van der Waals surface area contributed by atoms with Gasteiger partial charge in [0.2, 0.25) is 5.91 Å². The maximum atomic E-state index is 13.3. The van der Waals surface area contributed by atoms with Crippen LogP contribution in [0.2, 0.25) is 0 Å². The second-order valence-electron chi connectivity index (χ2n) is 8.82. The van der Waals surface area contributed by atoms with E-state index in [-0.39, 0.29) is 29.3 Å². The second-order valence-corrected chi connectivity index (χ2v) is 10.0. The van der Waals surface area contributed by atoms with Crippen molar-refractivity contribution in [2.75, 3.05) is 13.1 Å². The Bertz CT molecular complexity index is 1100. The minimum absolute atomic E-state index is 0.0429. The van der Waals surface area contributed by atoms with Gasteiger partial charge in [0, 0.05) is 24.6 Å². The van der Waals surface area contributed by atoms with Crippen molar-refractivity contribution in [1.82, 2.24) is 24.8 Å². The van der Waals surface area contributed by atoms with Gasteiger partial charge in [-0.15, -0.1) is 11.3 Å². The molecule has 2 aromatic rings. The number of carbonyl (C=O) groups excluding carboxylic acids is 2. The number of thiazole rings is 1. The monoisotopic (exact) mass is 441 g/mol. The average Bonchev–Trinajstić information content (AvgIpc) is 3.56. The third kappa shape index (κ3) is 3.79. The quantitative estimate of drug-likeness (QED) is 0.789. The molecule has 2 aliphatic heterocycles. The Morgan fingerprint density at radius 2 is 1.90 bits per heavy atom. The summed E-state index contributed by atoms with van der Waals surface area (Å²) in [5.74, 6) is 0.829. The van der Waals surface area contributed by atoms with Crippen molar-refractivity contribution in [2.24, 2.45) is 5.92 Å². The predicted octanol–water partition coefficient (Wildman–Crippen LogP) is 2.51. The average molecular weight is 442 g/mol. The molecule has 9 heteroatoms. The van der Waals surface area contributed by atoms with Crippen molar-refractivity contribution >= 4 is 23.2 Å². The Morgan fingerprint density at radius 3 is 2.61 bits per heavy atom. The fraction of sp³-hybridized carbons (Fsp3) is 0.591. The number of rotatable bonds is 3. The first-order valence-corrected chi connectivity index (χ1v) is 11.9. The summed E-state index contributed by atoms with van der Waals surface area (Å²) in [6.07, 6.45) is 5.12. The van der Waals surface area contributed by atoms with E-state index in [2.05, 4.69) is 9.97 Å². The van der Waals surface area contributed by atoms with Gasteiger partial charge in [-0.25, -0.2) is 9.97 Å². The number of likely N-dealkylation sites (tertiary alicyclic amines) is 1. The zero-order chi connectivity index (χ0) is 21.7. The molecule has 1 N–H and O–H groups in total. The van der Waals surface area contributed by atoms with E-state index in [9.17, 15) is 14.4 Å². The van der Waals surface area contributed by atoms with Crippen LogP contribution in [0.15, 0.2) is 4.79 Å². The van der Waals surface area contributed by atoms with Crippen LogP contribution in [0.25, 0.3) is 0 Å². The SMILES string of the molecule is Cc1nc(C)c(C(=O)N2CCCC[C@@H]2c2nc3c(c(=O)[nH]2)CCN(C(=O)C2CC2)C3)s1. The van der Waals surface area contributed by atoms with Crippen LogP contribution in [-0.2, 0) is 17.8 Å². The highest BCUT2D eigenvalue weighted by molar-refractivity contribution is 7.13. The van der Waals surface area contributed by atoms with Gasteiger partial charge in [0.1, 0.15) is 10.7 Å². The minimum Gasteiger partial charge on any atom is -0.336 e. The van der Waals surface area contributed by atoms with E-state index in [1.165, 1.54) is 11.3 Å². The van der Waals surface area contributed by atoms with E-state index in [0.29, 0.717) is 48.0 Å². The third-order valence-corrected chi connectivity index (χ3v) is 7.57. The molecule has 0 spiro atoms. The Morgan fingerprint density at radius 1 is 1.10 bits per heavy atom. The predicted molar refractivity (Wildman–Crippen MR) is 116 cm³/mol. The van der Waals surface area contributed by atoms with Crippen LogP contribution >= 0.6 is 11.3 Å². The molecular formula is C22H27N5O3S. The Hall–Kier alpha value is -2.55. The van der Waals surface area contributed by atoms with Crippen LogP contribution in [0.5, 0.6) is 0 Å². The van der Waals surface area contributed by atoms with E-state index in [4.69, 9.17) is 4.98 Å². The van der Waals surface area contributed by atoms with Crippen molar-refractivity contribution in [1.29, 1.82) is 0 Å². The molecule has 1 saturated heterocycles. The number of amides is 2. The molecule has 0 radical (unpaired) electrons. The fourth-order valence-electron chi connectivity index (χ4n) is 4.71. The molecule has 2 aromatic heterocycles. The number of piperidine rings is 1. The summed E-state index contributed by atoms with van der Waals surface area (Å²) in [7, 11) is 0. The topological polar surface area (TPSA) is 99.3 Å². The van der Waals surface area contributed by atoms with E-state index < -0.39 is 0 Å². The molecule has 5 rings (SSSR count). The van der Waals surface area contributed by atoms with E-state index in [1.807, 2.05) is 23.6 Å². The number of hydrogen-bond donors (Lipinski definition) is 1. The summed E-state index contributed by atoms with van der Waals surface area (Å²) in [5, 5.41) is 0.871. The number of aryl methyl sites for hydroxylation is 2. The Balaban J connectivity index is 1.45. The van der Waals surface area contributed by atoms with Crippen molar-refractivity contribution < 1.29 is 9.59 Å². The van der Waals surface area contributed by atoms with Crippen LogP contribution in [-0.4, -0.2) is 49.7 Å². The summed E-state index contributed by atoms with van der Waals surface area (Å²) in [6.45, 7) is 5.35. The van der Waals surface area contributed by atoms with Gasteiger partial charge in [-0.1, -0.05) is 0 Å². The van der Waals surface area contributed by atoms with Gasteiger partial charge in [0.25, 0.3) is 11.5 Å². The van der Waals surface area contributed by atoms with E-state index in [0.717, 1.165) is 42.8 Å². The highest BCUT2D eigenvalue weighted by Crippen LogP contribution is 2.34. The number of hydrogen-bond acceptors (Lipinski definition) is 6. The van der Waals surface area contributed by atoms with Crippen LogP contribution in [0.4, 0.5) is 0 Å². The zero-order valence-electron chi connectivity index (χ0n) is 17.9. The lowest BCUT2D eigenvalue weighted by atomic mass is 9.99. The molecule has 2 amide bonds. The van der Waals surface area contributed by atoms with Gasteiger partial charge in [-0.2, -0.15) is 0 Å². The van der Waals surface area contributed by atoms with Crippen LogP contribution in [0.3, 0.4) is 0 Å². The normalized spacial score (nSPS) is 21.2. The second kappa shape index (κ2) is 7.85. The Labute approximate surface area is 184 Å². The molecular weight excluding hydrogens is 414 g/mol. The number of fused-ring (bicyclic) bond motifs is 1. The first-order valence-electron chi connectivity index (χ1n) is 11.1. The maximum Gasteiger partial charge on any atom is 0.266 e. The van der Waals surface area contributed by atoms with Crippen LogP contribution in [0, 0.1) is 19.8 Å². The van der Waals surface area contributed by atoms with Crippen molar-refractivity contribution in [2.45, 2.75) is 65.0 Å². The maximum absolute atomic E-state index is 13.3. The van der Waals surface area contributed by atoms with Gasteiger partial charge in [-0.05, 0) is 52.4 Å². The van der Waals surface area contributed by atoms with Gasteiger partial charge in [0.15, 0.2) is 0 Å². The fourth-order valence-corrected chi connectivity index (χ4v) is 5.59. The number of H-pyrrole nitrogens is 1. The molecule has 1 atom stereocenters. The minimum atomic E-state index is -0.268. The molecule has 3 aliphatic rings. The molecule has 8 nitrogen and oxygen atoms in total. The highest BCUT2D eigenvalue weighted by Gasteiger charge is 2.37. The molecule has 31 heavy (non-hydrogen) atoms. The molecule has 0 bridgehead atoms. The molecule has 164 valence electrons. The summed E-state index contributed by atoms with van der Waals surface area (Å²) in [6, 6.07) is -0.268. The highest BCUT2D eigenvalue weighted by atomic mass is 32.1. The first-order chi connectivity index (χ1) is 14.9. The number of aromatic nitrogens is 3. The number of nitrogens with one attached hydrogen (secondary N) is 1. The largest absolute Gasteiger partial charge is 0.336 e. The lowest BCUT2D eigenvalue weighted by Gasteiger charge is -2.35. The van der Waals surface area contributed by atoms with Gasteiger partial charge in [-0.3, -0.25) is 14.4 Å². The van der Waals surface area contributed by atoms with Gasteiger partial charge < -0.3 is 14.8 Å². The van der Waals surface area contributed by atoms with Gasteiger partial charge >= 0.3 is 0 Å².